The third kappa shape index (κ3) is 3.07. The molecule has 2 N–H and O–H groups in total. The van der Waals surface area contributed by atoms with Gasteiger partial charge >= 0.3 is 0 Å². The number of rotatable bonds is 3. The third-order valence-corrected chi connectivity index (χ3v) is 2.69. The van der Waals surface area contributed by atoms with E-state index in [1.54, 1.807) is 0 Å². The van der Waals surface area contributed by atoms with Crippen LogP contribution in [-0.4, -0.2) is 16.6 Å². The van der Waals surface area contributed by atoms with E-state index in [2.05, 4.69) is 20.9 Å². The minimum absolute atomic E-state index is 0.00772. The highest BCUT2D eigenvalue weighted by atomic mass is 79.9. The molecule has 0 saturated heterocycles. The van der Waals surface area contributed by atoms with Gasteiger partial charge in [0.15, 0.2) is 5.69 Å². The van der Waals surface area contributed by atoms with Gasteiger partial charge < -0.3 is 5.73 Å². The van der Waals surface area contributed by atoms with Gasteiger partial charge in [0.1, 0.15) is 5.84 Å². The Hall–Kier alpha value is -0.850. The molecule has 0 heterocycles. The predicted octanol–water partition coefficient (Wildman–Crippen LogP) is 3.24. The Morgan fingerprint density at radius 2 is 2.25 bits per heavy atom. The SMILES string of the molecule is NC(CCl)=Nc1c(Br)cc(Cl)cc1[N+](=O)[O-]. The van der Waals surface area contributed by atoms with Crippen LogP contribution in [0.2, 0.25) is 5.02 Å². The topological polar surface area (TPSA) is 81.5 Å². The van der Waals surface area contributed by atoms with Crippen LogP contribution in [0.25, 0.3) is 0 Å². The third-order valence-electron chi connectivity index (χ3n) is 1.60. The van der Waals surface area contributed by atoms with Crippen molar-refractivity contribution in [1.82, 2.24) is 0 Å². The van der Waals surface area contributed by atoms with Crippen LogP contribution in [0.15, 0.2) is 21.6 Å². The first kappa shape index (κ1) is 13.2. The normalized spacial score (nSPS) is 11.6. The maximum atomic E-state index is 10.8. The van der Waals surface area contributed by atoms with Crippen LogP contribution in [0.3, 0.4) is 0 Å². The average molecular weight is 327 g/mol. The van der Waals surface area contributed by atoms with Crippen LogP contribution in [0.1, 0.15) is 0 Å². The molecule has 1 aromatic rings. The fourth-order valence-corrected chi connectivity index (χ4v) is 1.92. The molecule has 0 aliphatic carbocycles. The zero-order chi connectivity index (χ0) is 12.3. The maximum absolute atomic E-state index is 10.8. The molecule has 1 aromatic carbocycles. The van der Waals surface area contributed by atoms with Gasteiger partial charge in [-0.15, -0.1) is 11.6 Å². The maximum Gasteiger partial charge on any atom is 0.297 e. The zero-order valence-corrected chi connectivity index (χ0v) is 10.9. The highest BCUT2D eigenvalue weighted by Crippen LogP contribution is 2.37. The van der Waals surface area contributed by atoms with Gasteiger partial charge in [-0.1, -0.05) is 11.6 Å². The van der Waals surface area contributed by atoms with Crippen molar-refractivity contribution in [3.63, 3.8) is 0 Å². The molecule has 86 valence electrons. The van der Waals surface area contributed by atoms with E-state index < -0.39 is 4.92 Å². The molecule has 5 nitrogen and oxygen atoms in total. The molecule has 0 spiro atoms. The van der Waals surface area contributed by atoms with Crippen molar-refractivity contribution in [3.05, 3.63) is 31.7 Å². The molecular weight excluding hydrogens is 321 g/mol. The molecular formula is C8H6BrCl2N3O2. The molecule has 16 heavy (non-hydrogen) atoms. The van der Waals surface area contributed by atoms with Gasteiger partial charge in [-0.05, 0) is 22.0 Å². The largest absolute Gasteiger partial charge is 0.386 e. The number of hydrogen-bond donors (Lipinski definition) is 1. The summed E-state index contributed by atoms with van der Waals surface area (Å²) in [6, 6.07) is 2.70. The Morgan fingerprint density at radius 3 is 2.75 bits per heavy atom. The number of halogens is 3. The second-order valence-corrected chi connectivity index (χ2v) is 4.31. The number of nitro groups is 1. The first-order valence-electron chi connectivity index (χ1n) is 3.98. The van der Waals surface area contributed by atoms with Crippen LogP contribution >= 0.6 is 39.1 Å². The van der Waals surface area contributed by atoms with Crippen LogP contribution < -0.4 is 5.73 Å². The molecule has 1 rings (SSSR count). The summed E-state index contributed by atoms with van der Waals surface area (Å²) in [5.74, 6) is 0.0828. The quantitative estimate of drug-likeness (QED) is 0.304. The van der Waals surface area contributed by atoms with E-state index in [9.17, 15) is 10.1 Å². The predicted molar refractivity (Wildman–Crippen MR) is 67.8 cm³/mol. The van der Waals surface area contributed by atoms with Gasteiger partial charge in [0, 0.05) is 11.1 Å². The van der Waals surface area contributed by atoms with Crippen molar-refractivity contribution in [2.75, 3.05) is 5.88 Å². The summed E-state index contributed by atoms with van der Waals surface area (Å²) < 4.78 is 0.389. The molecule has 0 aliphatic heterocycles. The molecule has 0 amide bonds. The van der Waals surface area contributed by atoms with Crippen LogP contribution in [0.5, 0.6) is 0 Å². The van der Waals surface area contributed by atoms with Crippen molar-refractivity contribution in [3.8, 4) is 0 Å². The van der Waals surface area contributed by atoms with Gasteiger partial charge in [-0.25, -0.2) is 4.99 Å². The van der Waals surface area contributed by atoms with Crippen molar-refractivity contribution < 1.29 is 4.92 Å². The van der Waals surface area contributed by atoms with Gasteiger partial charge in [-0.2, -0.15) is 0 Å². The molecule has 0 unspecified atom stereocenters. The number of aliphatic imine (C=N–C) groups is 1. The lowest BCUT2D eigenvalue weighted by Gasteiger charge is -2.02. The summed E-state index contributed by atoms with van der Waals surface area (Å²) >= 11 is 14.3. The van der Waals surface area contributed by atoms with Crippen LogP contribution in [-0.2, 0) is 0 Å². The number of nitrogens with two attached hydrogens (primary N) is 1. The minimum Gasteiger partial charge on any atom is -0.386 e. The Bertz CT molecular complexity index is 465. The number of benzene rings is 1. The van der Waals surface area contributed by atoms with E-state index in [1.165, 1.54) is 12.1 Å². The smallest absolute Gasteiger partial charge is 0.297 e. The standard InChI is InChI=1S/C8H6BrCl2N3O2/c9-5-1-4(11)2-6(14(15)16)8(5)13-7(12)3-10/h1-2H,3H2,(H2,12,13). The Kier molecular flexibility index (Phi) is 4.52. The lowest BCUT2D eigenvalue weighted by Crippen LogP contribution is -2.12. The second-order valence-electron chi connectivity index (χ2n) is 2.75. The van der Waals surface area contributed by atoms with E-state index in [4.69, 9.17) is 28.9 Å². The van der Waals surface area contributed by atoms with Gasteiger partial charge in [0.25, 0.3) is 5.69 Å². The summed E-state index contributed by atoms with van der Waals surface area (Å²) in [6.45, 7) is 0. The summed E-state index contributed by atoms with van der Waals surface area (Å²) in [5, 5.41) is 11.0. The number of amidine groups is 1. The van der Waals surface area contributed by atoms with E-state index in [0.717, 1.165) is 0 Å². The van der Waals surface area contributed by atoms with E-state index >= 15 is 0 Å². The molecule has 0 aliphatic rings. The summed E-state index contributed by atoms with van der Waals surface area (Å²) in [5.41, 5.74) is 5.30. The molecule has 0 atom stereocenters. The summed E-state index contributed by atoms with van der Waals surface area (Å²) in [4.78, 5) is 14.0. The second kappa shape index (κ2) is 5.47. The fourth-order valence-electron chi connectivity index (χ4n) is 0.976. The Balaban J connectivity index is 3.41. The van der Waals surface area contributed by atoms with Crippen molar-refractivity contribution in [2.45, 2.75) is 0 Å². The lowest BCUT2D eigenvalue weighted by molar-refractivity contribution is -0.384. The zero-order valence-electron chi connectivity index (χ0n) is 7.78. The summed E-state index contributed by atoms with van der Waals surface area (Å²) in [6.07, 6.45) is 0. The van der Waals surface area contributed by atoms with Crippen molar-refractivity contribution >= 4 is 56.3 Å². The Labute approximate surface area is 110 Å². The number of hydrogen-bond acceptors (Lipinski definition) is 3. The fraction of sp³-hybridized carbons (Fsp3) is 0.125. The first-order chi connectivity index (χ1) is 7.45. The van der Waals surface area contributed by atoms with Gasteiger partial charge in [-0.3, -0.25) is 10.1 Å². The molecule has 0 radical (unpaired) electrons. The monoisotopic (exact) mass is 325 g/mol. The van der Waals surface area contributed by atoms with E-state index in [0.29, 0.717) is 4.47 Å². The van der Waals surface area contributed by atoms with Crippen molar-refractivity contribution in [1.29, 1.82) is 0 Å². The van der Waals surface area contributed by atoms with Gasteiger partial charge in [0.05, 0.1) is 15.3 Å². The highest BCUT2D eigenvalue weighted by Gasteiger charge is 2.18. The first-order valence-corrected chi connectivity index (χ1v) is 5.68. The lowest BCUT2D eigenvalue weighted by atomic mass is 10.3. The molecule has 0 aromatic heterocycles. The number of nitro benzene ring substituents is 1. The number of alkyl halides is 1. The van der Waals surface area contributed by atoms with Crippen molar-refractivity contribution in [2.24, 2.45) is 10.7 Å². The van der Waals surface area contributed by atoms with E-state index in [1.807, 2.05) is 0 Å². The van der Waals surface area contributed by atoms with Crippen LogP contribution in [0, 0.1) is 10.1 Å². The van der Waals surface area contributed by atoms with Gasteiger partial charge in [0.2, 0.25) is 0 Å². The molecule has 0 saturated carbocycles. The number of nitrogens with zero attached hydrogens (tertiary/aromatic N) is 2. The highest BCUT2D eigenvalue weighted by molar-refractivity contribution is 9.10. The Morgan fingerprint density at radius 1 is 1.62 bits per heavy atom. The molecule has 0 fully saturated rings. The molecule has 8 heteroatoms. The average Bonchev–Trinajstić information content (AvgIpc) is 2.20. The molecule has 0 bridgehead atoms. The van der Waals surface area contributed by atoms with E-state index in [-0.39, 0.29) is 28.1 Å². The minimum atomic E-state index is -0.586. The van der Waals surface area contributed by atoms with Crippen LogP contribution in [0.4, 0.5) is 11.4 Å². The summed E-state index contributed by atoms with van der Waals surface area (Å²) in [7, 11) is 0.